The monoisotopic (exact) mass is 571 g/mol. The summed E-state index contributed by atoms with van der Waals surface area (Å²) in [5, 5.41) is 6.06. The number of hydrazone groups is 1. The predicted octanol–water partition coefficient (Wildman–Crippen LogP) is 7.00. The number of amidine groups is 1. The molecule has 1 aliphatic heterocycles. The lowest BCUT2D eigenvalue weighted by Gasteiger charge is -2.65. The quantitative estimate of drug-likeness (QED) is 0.236. The number of unbranched alkanes of at least 4 members (excludes halogenated alkanes) is 1. The van der Waals surface area contributed by atoms with Crippen molar-refractivity contribution in [1.82, 2.24) is 10.7 Å². The highest BCUT2D eigenvalue weighted by molar-refractivity contribution is 5.94. The van der Waals surface area contributed by atoms with Crippen molar-refractivity contribution in [2.24, 2.45) is 57.4 Å². The third-order valence-corrected chi connectivity index (χ3v) is 12.6. The minimum absolute atomic E-state index is 0.00805. The van der Waals surface area contributed by atoms with Crippen LogP contribution in [-0.4, -0.2) is 42.1 Å². The minimum atomic E-state index is -0.177. The van der Waals surface area contributed by atoms with Gasteiger partial charge in [0, 0.05) is 26.8 Å². The molecule has 8 nitrogen and oxygen atoms in total. The first kappa shape index (κ1) is 30.6. The molecule has 1 N–H and O–H groups in total. The van der Waals surface area contributed by atoms with Crippen molar-refractivity contribution in [2.75, 3.05) is 7.05 Å². The Bertz CT molecular complexity index is 1000. The number of nitrogens with one attached hydrogen (secondary N) is 1. The Hall–Kier alpha value is -1.83. The summed E-state index contributed by atoms with van der Waals surface area (Å²) in [6, 6.07) is 0. The highest BCUT2D eigenvalue weighted by Crippen LogP contribution is 2.70. The Labute approximate surface area is 248 Å². The molecule has 5 rings (SSSR count). The molecular weight excluding hydrogens is 516 g/mol. The number of rotatable bonds is 9. The number of hydrazine groups is 1. The van der Waals surface area contributed by atoms with Crippen LogP contribution in [0.15, 0.2) is 5.10 Å². The average molecular weight is 572 g/mol. The highest BCUT2D eigenvalue weighted by atomic mass is 16.5. The number of ether oxygens (including phenoxy) is 2. The summed E-state index contributed by atoms with van der Waals surface area (Å²) in [5.74, 6) is 4.32. The van der Waals surface area contributed by atoms with Gasteiger partial charge in [0.25, 0.3) is 0 Å². The van der Waals surface area contributed by atoms with Gasteiger partial charge < -0.3 is 25.1 Å². The van der Waals surface area contributed by atoms with E-state index in [1.807, 2.05) is 7.05 Å². The molecule has 0 aromatic carbocycles. The number of carbonyl (C=O) groups is 2. The number of esters is 2. The topological polar surface area (TPSA) is 94.3 Å². The third-order valence-electron chi connectivity index (χ3n) is 12.6. The smallest absolute Gasteiger partial charge is 0.302 e. The predicted molar refractivity (Wildman–Crippen MR) is 160 cm³/mol. The molecule has 4 unspecified atom stereocenters. The Morgan fingerprint density at radius 2 is 1.73 bits per heavy atom. The number of hydrogen-bond donors (Lipinski definition) is 1. The molecule has 0 amide bonds. The lowest BCUT2D eigenvalue weighted by atomic mass is 9.41. The van der Waals surface area contributed by atoms with E-state index >= 15 is 0 Å². The van der Waals surface area contributed by atoms with Crippen molar-refractivity contribution in [2.45, 2.75) is 131 Å². The standard InChI is InChI=1S/C33H55N4O4/c1-8-24-28-19-23(40-21(3)38)15-17-33(28,6)27-16-18-32(5)25(13-14-26(32)30(27)31(24)41-22(4)39)20(2)11-9-10-12-29-34-36-37(7)35-29/h20,23-28,30-31,36H,8-19H2,1-7H3/q-1/t20-,23-,24-,25?,26+,27+,28?,30+,31-,32?,33?/m1/s1. The number of nitrogens with zero attached hydrogens (tertiary/aromatic N) is 3. The van der Waals surface area contributed by atoms with Gasteiger partial charge in [0.2, 0.25) is 0 Å². The van der Waals surface area contributed by atoms with E-state index in [2.05, 4.69) is 43.8 Å². The van der Waals surface area contributed by atoms with Crippen LogP contribution in [0, 0.1) is 52.3 Å². The summed E-state index contributed by atoms with van der Waals surface area (Å²) in [5.41, 5.74) is 7.66. The van der Waals surface area contributed by atoms with Crippen molar-refractivity contribution < 1.29 is 19.1 Å². The van der Waals surface area contributed by atoms with Crippen LogP contribution in [0.4, 0.5) is 0 Å². The first-order valence-corrected chi connectivity index (χ1v) is 16.6. The first-order valence-electron chi connectivity index (χ1n) is 16.6. The zero-order chi connectivity index (χ0) is 29.5. The maximum Gasteiger partial charge on any atom is 0.302 e. The van der Waals surface area contributed by atoms with E-state index < -0.39 is 0 Å². The summed E-state index contributed by atoms with van der Waals surface area (Å²) in [6.45, 7) is 13.0. The Balaban J connectivity index is 1.33. The van der Waals surface area contributed by atoms with E-state index in [4.69, 9.17) is 9.47 Å². The lowest BCUT2D eigenvalue weighted by Crippen LogP contribution is -2.63. The van der Waals surface area contributed by atoms with E-state index in [9.17, 15) is 9.59 Å². The molecule has 8 heteroatoms. The molecule has 0 spiro atoms. The SMILES string of the molecule is CC[C@@H]1C2C[C@H](OC(C)=O)CCC2(C)[C@H]2CCC3(C)C([C@H](C)CCCCC4=NN(C)N[N-]4)CC[C@H]3[C@@H]2[C@@H]1OC(C)=O. The van der Waals surface area contributed by atoms with E-state index in [0.29, 0.717) is 40.9 Å². The van der Waals surface area contributed by atoms with Gasteiger partial charge in [0.05, 0.1) is 0 Å². The molecule has 4 saturated carbocycles. The largest absolute Gasteiger partial charge is 0.463 e. The second-order valence-electron chi connectivity index (χ2n) is 14.8. The van der Waals surface area contributed by atoms with E-state index in [1.165, 1.54) is 45.4 Å². The third kappa shape index (κ3) is 5.75. The molecule has 1 heterocycles. The van der Waals surface area contributed by atoms with Crippen LogP contribution >= 0.6 is 0 Å². The van der Waals surface area contributed by atoms with Gasteiger partial charge in [-0.1, -0.05) is 46.4 Å². The van der Waals surface area contributed by atoms with Gasteiger partial charge in [-0.25, -0.2) is 5.53 Å². The summed E-state index contributed by atoms with van der Waals surface area (Å²) >= 11 is 0. The maximum absolute atomic E-state index is 12.6. The zero-order valence-corrected chi connectivity index (χ0v) is 26.7. The molecule has 4 fully saturated rings. The van der Waals surface area contributed by atoms with Gasteiger partial charge in [-0.2, -0.15) is 0 Å². The number of carbonyl (C=O) groups excluding carboxylic acids is 2. The second kappa shape index (κ2) is 12.0. The van der Waals surface area contributed by atoms with Crippen LogP contribution < -0.4 is 5.53 Å². The molecule has 0 aromatic heterocycles. The number of hydrogen-bond acceptors (Lipinski definition) is 7. The van der Waals surface area contributed by atoms with Gasteiger partial charge >= 0.3 is 11.9 Å². The molecule has 11 atom stereocenters. The minimum Gasteiger partial charge on any atom is -0.463 e. The summed E-state index contributed by atoms with van der Waals surface area (Å²) in [6.07, 6.45) is 13.5. The van der Waals surface area contributed by atoms with Crippen LogP contribution in [0.1, 0.15) is 119 Å². The van der Waals surface area contributed by atoms with Crippen LogP contribution in [0.2, 0.25) is 0 Å². The number of fused-ring (bicyclic) bond motifs is 5. The summed E-state index contributed by atoms with van der Waals surface area (Å²) < 4.78 is 12.2. The van der Waals surface area contributed by atoms with Gasteiger partial charge in [-0.3, -0.25) is 9.59 Å². The molecule has 0 bridgehead atoms. The van der Waals surface area contributed by atoms with Crippen molar-refractivity contribution in [3.63, 3.8) is 0 Å². The molecule has 5 aliphatic rings. The Morgan fingerprint density at radius 3 is 2.39 bits per heavy atom. The Morgan fingerprint density at radius 1 is 1.02 bits per heavy atom. The maximum atomic E-state index is 12.6. The van der Waals surface area contributed by atoms with Crippen LogP contribution in [0.3, 0.4) is 0 Å². The fraction of sp³-hybridized carbons (Fsp3) is 0.909. The molecule has 4 aliphatic carbocycles. The fourth-order valence-electron chi connectivity index (χ4n) is 11.0. The van der Waals surface area contributed by atoms with Crippen LogP contribution in [0.5, 0.6) is 0 Å². The summed E-state index contributed by atoms with van der Waals surface area (Å²) in [7, 11) is 1.88. The van der Waals surface area contributed by atoms with E-state index in [1.54, 1.807) is 12.0 Å². The van der Waals surface area contributed by atoms with Gasteiger partial charge in [-0.05, 0) is 111 Å². The average Bonchev–Trinajstić information content (AvgIpc) is 3.49. The highest BCUT2D eigenvalue weighted by Gasteiger charge is 2.66. The Kier molecular flexibility index (Phi) is 9.00. The molecule has 0 saturated heterocycles. The first-order chi connectivity index (χ1) is 19.5. The second-order valence-corrected chi connectivity index (χ2v) is 14.8. The molecular formula is C33H55N4O4-. The van der Waals surface area contributed by atoms with Crippen molar-refractivity contribution in [3.05, 3.63) is 5.43 Å². The van der Waals surface area contributed by atoms with E-state index in [-0.39, 0.29) is 29.6 Å². The van der Waals surface area contributed by atoms with Gasteiger partial charge in [0.15, 0.2) is 0 Å². The van der Waals surface area contributed by atoms with Gasteiger partial charge in [-0.15, -0.1) is 0 Å². The fourth-order valence-corrected chi connectivity index (χ4v) is 11.0. The van der Waals surface area contributed by atoms with E-state index in [0.717, 1.165) is 50.3 Å². The molecule has 232 valence electrons. The van der Waals surface area contributed by atoms with Gasteiger partial charge in [0.1, 0.15) is 12.2 Å². The zero-order valence-electron chi connectivity index (χ0n) is 26.7. The van der Waals surface area contributed by atoms with Crippen LogP contribution in [-0.2, 0) is 19.1 Å². The normalized spacial score (nSPS) is 42.3. The van der Waals surface area contributed by atoms with Crippen molar-refractivity contribution in [1.29, 1.82) is 0 Å². The lowest BCUT2D eigenvalue weighted by molar-refractivity contribution is -0.219. The molecule has 0 radical (unpaired) electrons. The van der Waals surface area contributed by atoms with Crippen LogP contribution in [0.25, 0.3) is 5.43 Å². The van der Waals surface area contributed by atoms with Crippen molar-refractivity contribution >= 4 is 17.8 Å². The van der Waals surface area contributed by atoms with Crippen molar-refractivity contribution in [3.8, 4) is 0 Å². The summed E-state index contributed by atoms with van der Waals surface area (Å²) in [4.78, 5) is 24.4. The molecule has 41 heavy (non-hydrogen) atoms. The molecule has 0 aromatic rings.